The molecule has 2 aromatic rings. The molecule has 0 saturated heterocycles. The highest BCUT2D eigenvalue weighted by molar-refractivity contribution is 5.89. The van der Waals surface area contributed by atoms with Crippen LogP contribution in [0, 0.1) is 0 Å². The van der Waals surface area contributed by atoms with Crippen LogP contribution in [-0.2, 0) is 0 Å². The van der Waals surface area contributed by atoms with Crippen LogP contribution in [0.25, 0.3) is 22.2 Å². The van der Waals surface area contributed by atoms with Gasteiger partial charge in [-0.25, -0.2) is 4.98 Å². The van der Waals surface area contributed by atoms with Crippen molar-refractivity contribution in [2.45, 2.75) is 0 Å². The maximum Gasteiger partial charge on any atom is 0.284 e. The highest BCUT2D eigenvalue weighted by Crippen LogP contribution is 2.14. The molecule has 0 radical (unpaired) electrons. The Morgan fingerprint density at radius 3 is 2.27 bits per heavy atom. The van der Waals surface area contributed by atoms with E-state index in [1.54, 1.807) is 24.7 Å². The number of amides is 1. The van der Waals surface area contributed by atoms with Crippen molar-refractivity contribution in [3.63, 3.8) is 0 Å². The highest BCUT2D eigenvalue weighted by atomic mass is 16.1. The lowest BCUT2D eigenvalue weighted by Gasteiger charge is -1.98. The number of hydrogen-bond acceptors (Lipinski definition) is 5. The maximum atomic E-state index is 10.7. The minimum absolute atomic E-state index is 0.149. The Morgan fingerprint density at radius 1 is 0.955 bits per heavy atom. The Hall–Kier alpha value is -3.35. The molecular weight excluding hydrogens is 280 g/mol. The van der Waals surface area contributed by atoms with Crippen molar-refractivity contribution in [3.05, 3.63) is 60.9 Å². The number of carbonyl (C=O) groups is 1. The Kier molecular flexibility index (Phi) is 3.69. The third-order valence-corrected chi connectivity index (χ3v) is 2.99. The summed E-state index contributed by atoms with van der Waals surface area (Å²) in [7, 11) is 0. The molecule has 0 saturated carbocycles. The van der Waals surface area contributed by atoms with Crippen LogP contribution in [0.15, 0.2) is 55.1 Å². The van der Waals surface area contributed by atoms with Crippen molar-refractivity contribution in [2.24, 2.45) is 5.73 Å². The number of nitrogens with zero attached hydrogens (tertiary/aromatic N) is 4. The number of fused-ring (bicyclic) bond motifs is 2. The number of hydrogen-bond donors (Lipinski definition) is 2. The van der Waals surface area contributed by atoms with Gasteiger partial charge in [0.25, 0.3) is 5.91 Å². The van der Waals surface area contributed by atoms with Crippen molar-refractivity contribution in [1.29, 1.82) is 0 Å². The monoisotopic (exact) mass is 292 g/mol. The Labute approximate surface area is 125 Å². The smallest absolute Gasteiger partial charge is 0.284 e. The molecule has 0 fully saturated rings. The summed E-state index contributed by atoms with van der Waals surface area (Å²) >= 11 is 0. The van der Waals surface area contributed by atoms with E-state index in [1.165, 1.54) is 6.20 Å². The lowest BCUT2D eigenvalue weighted by Crippen LogP contribution is -2.15. The van der Waals surface area contributed by atoms with Crippen molar-refractivity contribution in [3.8, 4) is 11.4 Å². The summed E-state index contributed by atoms with van der Waals surface area (Å²) in [4.78, 5) is 21.2. The first-order valence-electron chi connectivity index (χ1n) is 6.49. The average Bonchev–Trinajstić information content (AvgIpc) is 3.03. The molecule has 4 rings (SSSR count). The van der Waals surface area contributed by atoms with Crippen molar-refractivity contribution in [2.75, 3.05) is 0 Å². The summed E-state index contributed by atoms with van der Waals surface area (Å²) in [5, 5.41) is 9.80. The number of benzene rings is 1. The van der Waals surface area contributed by atoms with E-state index >= 15 is 0 Å². The summed E-state index contributed by atoms with van der Waals surface area (Å²) in [5.74, 6) is -0.423. The van der Waals surface area contributed by atoms with Gasteiger partial charge in [0, 0.05) is 17.0 Å². The topological polar surface area (TPSA) is 110 Å². The van der Waals surface area contributed by atoms with Gasteiger partial charge >= 0.3 is 0 Å². The van der Waals surface area contributed by atoms with Crippen molar-refractivity contribution >= 4 is 16.7 Å². The number of primary amides is 1. The molecule has 0 atom stereocenters. The van der Waals surface area contributed by atoms with E-state index in [0.29, 0.717) is 0 Å². The van der Waals surface area contributed by atoms with Crippen LogP contribution < -0.4 is 5.73 Å². The van der Waals surface area contributed by atoms with E-state index in [2.05, 4.69) is 25.1 Å². The summed E-state index contributed by atoms with van der Waals surface area (Å²) in [5.41, 5.74) is 6.51. The van der Waals surface area contributed by atoms with Gasteiger partial charge in [0.15, 0.2) is 5.82 Å². The lowest BCUT2D eigenvalue weighted by molar-refractivity contribution is 0.0990. The molecule has 108 valence electrons. The second-order valence-corrected chi connectivity index (χ2v) is 4.46. The first-order chi connectivity index (χ1) is 10.7. The number of H-pyrrole nitrogens is 1. The molecule has 1 aromatic heterocycles. The lowest BCUT2D eigenvalue weighted by atomic mass is 10.2. The van der Waals surface area contributed by atoms with E-state index in [1.807, 2.05) is 24.3 Å². The molecule has 1 amide bonds. The fourth-order valence-corrected chi connectivity index (χ4v) is 1.90. The number of aromatic amines is 1. The van der Waals surface area contributed by atoms with Crippen molar-refractivity contribution < 1.29 is 4.79 Å². The highest BCUT2D eigenvalue weighted by Gasteiger charge is 2.08. The van der Waals surface area contributed by atoms with E-state index < -0.39 is 5.91 Å². The molecule has 7 heteroatoms. The van der Waals surface area contributed by atoms with E-state index in [9.17, 15) is 4.79 Å². The maximum absolute atomic E-state index is 10.7. The van der Waals surface area contributed by atoms with E-state index in [0.717, 1.165) is 22.2 Å². The van der Waals surface area contributed by atoms with E-state index in [4.69, 9.17) is 5.73 Å². The normalized spacial score (nSPS) is 10.2. The molecule has 22 heavy (non-hydrogen) atoms. The Balaban J connectivity index is 0.000000133. The van der Waals surface area contributed by atoms with Crippen molar-refractivity contribution in [1.82, 2.24) is 25.1 Å². The number of aromatic nitrogens is 5. The third kappa shape index (κ3) is 2.88. The summed E-state index contributed by atoms with van der Waals surface area (Å²) in [6.45, 7) is 0. The molecular formula is C15H12N6O. The fourth-order valence-electron chi connectivity index (χ4n) is 1.90. The number of nitrogens with two attached hydrogens (primary N) is 1. The second-order valence-electron chi connectivity index (χ2n) is 4.46. The van der Waals surface area contributed by atoms with Crippen LogP contribution in [0.4, 0.5) is 0 Å². The zero-order valence-electron chi connectivity index (χ0n) is 11.5. The van der Waals surface area contributed by atoms with Crippen LogP contribution in [0.3, 0.4) is 0 Å². The molecule has 3 heterocycles. The fraction of sp³-hybridized carbons (Fsp3) is 0. The quantitative estimate of drug-likeness (QED) is 0.554. The molecule has 2 aliphatic heterocycles. The zero-order valence-corrected chi connectivity index (χ0v) is 11.5. The zero-order chi connectivity index (χ0) is 15.4. The van der Waals surface area contributed by atoms with Gasteiger partial charge in [-0.3, -0.25) is 9.78 Å². The predicted octanol–water partition coefficient (Wildman–Crippen LogP) is 1.64. The van der Waals surface area contributed by atoms with Crippen LogP contribution in [0.1, 0.15) is 10.6 Å². The summed E-state index contributed by atoms with van der Waals surface area (Å²) < 4.78 is 0. The first-order valence-corrected chi connectivity index (χ1v) is 6.49. The minimum Gasteiger partial charge on any atom is -0.363 e. The van der Waals surface area contributed by atoms with Crippen LogP contribution in [-0.4, -0.2) is 31.1 Å². The van der Waals surface area contributed by atoms with Gasteiger partial charge in [0.2, 0.25) is 0 Å². The Morgan fingerprint density at radius 2 is 1.64 bits per heavy atom. The predicted molar refractivity (Wildman–Crippen MR) is 81.1 cm³/mol. The minimum atomic E-state index is -0.571. The molecule has 7 nitrogen and oxygen atoms in total. The van der Waals surface area contributed by atoms with Crippen LogP contribution in [0.5, 0.6) is 0 Å². The van der Waals surface area contributed by atoms with Gasteiger partial charge < -0.3 is 10.7 Å². The first kappa shape index (κ1) is 13.6. The molecule has 0 spiro atoms. The summed E-state index contributed by atoms with van der Waals surface area (Å²) in [6, 6.07) is 9.77. The standard InChI is InChI=1S/C8H6N2.C7H6N4O/c1-2-4-8-6-10-9-5-7(8)3-1;8-6(12)7-10-3-5-4(11-7)1-2-9-5/h1-6H;1-3H,(H2,8,12)(H,10,11). The largest absolute Gasteiger partial charge is 0.363 e. The third-order valence-electron chi connectivity index (χ3n) is 2.99. The Bertz CT molecular complexity index is 822. The number of carbonyl (C=O) groups excluding carboxylic acids is 1. The van der Waals surface area contributed by atoms with Gasteiger partial charge in [0.05, 0.1) is 24.3 Å². The van der Waals surface area contributed by atoms with Crippen LogP contribution in [0.2, 0.25) is 0 Å². The van der Waals surface area contributed by atoms with E-state index in [-0.39, 0.29) is 5.82 Å². The molecule has 0 aliphatic carbocycles. The summed E-state index contributed by atoms with van der Waals surface area (Å²) in [6.07, 6.45) is 6.66. The van der Waals surface area contributed by atoms with Gasteiger partial charge in [-0.2, -0.15) is 10.2 Å². The van der Waals surface area contributed by atoms with Gasteiger partial charge in [0.1, 0.15) is 5.69 Å². The van der Waals surface area contributed by atoms with Gasteiger partial charge in [-0.15, -0.1) is 0 Å². The molecule has 2 aliphatic rings. The molecule has 3 N–H and O–H groups in total. The number of rotatable bonds is 1. The van der Waals surface area contributed by atoms with Crippen LogP contribution >= 0.6 is 0 Å². The van der Waals surface area contributed by atoms with Gasteiger partial charge in [-0.1, -0.05) is 24.3 Å². The average molecular weight is 292 g/mol. The molecule has 0 bridgehead atoms. The number of nitrogens with one attached hydrogen (secondary N) is 1. The SMILES string of the molecule is NC(=O)c1ncc2nccc-2[nH]1.c1ccc2cnncc2c1. The molecule has 1 aromatic carbocycles. The second kappa shape index (κ2) is 5.96. The molecule has 0 unspecified atom stereocenters. The van der Waals surface area contributed by atoms with Gasteiger partial charge in [-0.05, 0) is 6.07 Å².